The van der Waals surface area contributed by atoms with Gasteiger partial charge in [-0.2, -0.15) is 0 Å². The lowest BCUT2D eigenvalue weighted by molar-refractivity contribution is -0.252. The number of aliphatic hydroxyl groups excluding tert-OH is 1. The molecule has 5 rings (SSSR count). The number of imidazole rings is 1. The molecule has 3 aromatic carbocycles. The number of carbonyl (C=O) groups excluding carboxylic acids is 1. The zero-order valence-corrected chi connectivity index (χ0v) is 26.1. The Balaban J connectivity index is 1.30. The number of benzene rings is 3. The van der Waals surface area contributed by atoms with Gasteiger partial charge in [0.05, 0.1) is 31.7 Å². The smallest absolute Gasteiger partial charge is 0.303 e. The van der Waals surface area contributed by atoms with Crippen molar-refractivity contribution in [3.63, 3.8) is 0 Å². The van der Waals surface area contributed by atoms with Crippen molar-refractivity contribution in [2.45, 2.75) is 70.3 Å². The number of aliphatic hydroxyl groups is 1. The highest BCUT2D eigenvalue weighted by molar-refractivity contribution is 6.40. The number of hydrogen-bond acceptors (Lipinski definition) is 6. The normalized spacial score (nSPS) is 18.1. The number of aliphatic carboxylic acids is 1. The predicted octanol–water partition coefficient (Wildman–Crippen LogP) is 6.86. The SMILES string of the molecule is O=C(O)CCCCC(=O)NCc1ccccc1-c1ccc([C@H]2O[C@@H](Cn3cnc(Cl)c3Cl)C[C@@H](c3ccc(CO)cc3)O2)cc1. The molecule has 11 heteroatoms. The number of aromatic nitrogens is 2. The van der Waals surface area contributed by atoms with Gasteiger partial charge in [0.15, 0.2) is 11.4 Å². The van der Waals surface area contributed by atoms with Crippen LogP contribution in [0.4, 0.5) is 0 Å². The lowest BCUT2D eigenvalue weighted by Gasteiger charge is -2.36. The van der Waals surface area contributed by atoms with Crippen LogP contribution >= 0.6 is 23.2 Å². The van der Waals surface area contributed by atoms with Crippen LogP contribution in [0.25, 0.3) is 11.1 Å². The number of nitrogens with one attached hydrogen (secondary N) is 1. The molecule has 0 aliphatic carbocycles. The molecule has 4 aromatic rings. The average Bonchev–Trinajstić information content (AvgIpc) is 3.38. The van der Waals surface area contributed by atoms with Gasteiger partial charge in [0.1, 0.15) is 5.15 Å². The molecule has 0 bridgehead atoms. The molecule has 1 saturated heterocycles. The van der Waals surface area contributed by atoms with Crippen molar-refractivity contribution in [1.82, 2.24) is 14.9 Å². The van der Waals surface area contributed by atoms with E-state index in [-0.39, 0.29) is 36.3 Å². The summed E-state index contributed by atoms with van der Waals surface area (Å²) >= 11 is 12.4. The first kappa shape index (κ1) is 32.7. The van der Waals surface area contributed by atoms with Crippen LogP contribution in [0.1, 0.15) is 66.8 Å². The summed E-state index contributed by atoms with van der Waals surface area (Å²) in [5.74, 6) is -0.957. The molecule has 1 fully saturated rings. The van der Waals surface area contributed by atoms with Crippen LogP contribution < -0.4 is 5.32 Å². The zero-order valence-electron chi connectivity index (χ0n) is 24.6. The van der Waals surface area contributed by atoms with Crippen LogP contribution in [0.2, 0.25) is 10.3 Å². The first-order chi connectivity index (χ1) is 21.8. The fourth-order valence-electron chi connectivity index (χ4n) is 5.34. The number of halogens is 2. The van der Waals surface area contributed by atoms with E-state index < -0.39 is 12.3 Å². The van der Waals surface area contributed by atoms with Gasteiger partial charge in [0.2, 0.25) is 5.91 Å². The summed E-state index contributed by atoms with van der Waals surface area (Å²) in [6.07, 6.45) is 2.39. The van der Waals surface area contributed by atoms with Crippen LogP contribution in [0.3, 0.4) is 0 Å². The van der Waals surface area contributed by atoms with Gasteiger partial charge in [0.25, 0.3) is 0 Å². The summed E-state index contributed by atoms with van der Waals surface area (Å²) in [5.41, 5.74) is 5.60. The van der Waals surface area contributed by atoms with Crippen molar-refractivity contribution in [1.29, 1.82) is 0 Å². The van der Waals surface area contributed by atoms with E-state index in [2.05, 4.69) is 10.3 Å². The van der Waals surface area contributed by atoms with E-state index in [1.54, 1.807) is 10.9 Å². The molecule has 1 aliphatic heterocycles. The maximum absolute atomic E-state index is 12.3. The van der Waals surface area contributed by atoms with Gasteiger partial charge < -0.3 is 29.6 Å². The number of carboxylic acid groups (broad SMARTS) is 1. The van der Waals surface area contributed by atoms with Crippen molar-refractivity contribution in [2.24, 2.45) is 0 Å². The van der Waals surface area contributed by atoms with Gasteiger partial charge in [-0.15, -0.1) is 0 Å². The lowest BCUT2D eigenvalue weighted by Crippen LogP contribution is -2.32. The maximum atomic E-state index is 12.3. The quantitative estimate of drug-likeness (QED) is 0.135. The molecule has 0 saturated carbocycles. The monoisotopic (exact) mass is 651 g/mol. The third-order valence-corrected chi connectivity index (χ3v) is 8.55. The standard InChI is InChI=1S/C34H35Cl2N3O6/c35-32-33(36)39(21-38-32)19-27-17-29(24-11-9-22(20-40)10-12-24)45-34(44-27)25-15-13-23(14-16-25)28-6-2-1-5-26(28)18-37-30(41)7-3-4-8-31(42)43/h1-2,5-6,9-16,21,27,29,34,40H,3-4,7-8,17-20H2,(H,37,41)(H,42,43)/t27-,29+,34+/m1/s1. The molecule has 45 heavy (non-hydrogen) atoms. The molecule has 9 nitrogen and oxygen atoms in total. The Hall–Kier alpha value is -3.73. The van der Waals surface area contributed by atoms with Crippen molar-refractivity contribution < 1.29 is 29.3 Å². The highest BCUT2D eigenvalue weighted by atomic mass is 35.5. The number of nitrogens with zero attached hydrogens (tertiary/aromatic N) is 2. The summed E-state index contributed by atoms with van der Waals surface area (Å²) < 4.78 is 14.7. The van der Waals surface area contributed by atoms with Gasteiger partial charge in [-0.05, 0) is 40.7 Å². The number of amides is 1. The second-order valence-corrected chi connectivity index (χ2v) is 11.7. The van der Waals surface area contributed by atoms with Crippen LogP contribution in [0.5, 0.6) is 0 Å². The van der Waals surface area contributed by atoms with Crippen LogP contribution in [-0.2, 0) is 38.8 Å². The fraction of sp³-hybridized carbons (Fsp3) is 0.324. The second kappa shape index (κ2) is 15.5. The largest absolute Gasteiger partial charge is 0.481 e. The number of hydrogen-bond donors (Lipinski definition) is 3. The summed E-state index contributed by atoms with van der Waals surface area (Å²) in [4.78, 5) is 27.1. The molecular formula is C34H35Cl2N3O6. The Morgan fingerprint density at radius 1 is 0.933 bits per heavy atom. The zero-order chi connectivity index (χ0) is 31.8. The Morgan fingerprint density at radius 2 is 1.64 bits per heavy atom. The van der Waals surface area contributed by atoms with E-state index in [0.717, 1.165) is 33.4 Å². The topological polar surface area (TPSA) is 123 Å². The molecule has 3 N–H and O–H groups in total. The molecule has 0 radical (unpaired) electrons. The number of carbonyl (C=O) groups is 2. The van der Waals surface area contributed by atoms with E-state index in [4.69, 9.17) is 37.8 Å². The van der Waals surface area contributed by atoms with E-state index >= 15 is 0 Å². The molecular weight excluding hydrogens is 617 g/mol. The maximum Gasteiger partial charge on any atom is 0.303 e. The van der Waals surface area contributed by atoms with Crippen molar-refractivity contribution in [2.75, 3.05) is 0 Å². The molecule has 1 aromatic heterocycles. The van der Waals surface area contributed by atoms with Gasteiger partial charge in [-0.3, -0.25) is 9.59 Å². The molecule has 1 amide bonds. The minimum atomic E-state index is -0.852. The molecule has 3 atom stereocenters. The number of ether oxygens (including phenoxy) is 2. The highest BCUT2D eigenvalue weighted by Crippen LogP contribution is 2.39. The molecule has 2 heterocycles. The van der Waals surface area contributed by atoms with Crippen molar-refractivity contribution in [3.8, 4) is 11.1 Å². The highest BCUT2D eigenvalue weighted by Gasteiger charge is 2.33. The number of unbranched alkanes of at least 4 members (excludes halogenated alkanes) is 1. The molecule has 1 aliphatic rings. The van der Waals surface area contributed by atoms with Crippen LogP contribution in [-0.4, -0.2) is 37.7 Å². The van der Waals surface area contributed by atoms with Gasteiger partial charge in [0, 0.05) is 31.4 Å². The minimum absolute atomic E-state index is 0.0313. The summed E-state index contributed by atoms with van der Waals surface area (Å²) in [6.45, 7) is 0.778. The van der Waals surface area contributed by atoms with Gasteiger partial charge >= 0.3 is 5.97 Å². The Morgan fingerprint density at radius 3 is 2.33 bits per heavy atom. The summed E-state index contributed by atoms with van der Waals surface area (Å²) in [6, 6.07) is 23.6. The first-order valence-corrected chi connectivity index (χ1v) is 15.6. The Bertz CT molecular complexity index is 1590. The Labute approximate surface area is 271 Å². The van der Waals surface area contributed by atoms with Gasteiger partial charge in [-0.25, -0.2) is 4.98 Å². The molecule has 0 unspecified atom stereocenters. The molecule has 236 valence electrons. The summed E-state index contributed by atoms with van der Waals surface area (Å²) in [7, 11) is 0. The average molecular weight is 653 g/mol. The second-order valence-electron chi connectivity index (χ2n) is 11.0. The first-order valence-electron chi connectivity index (χ1n) is 14.8. The lowest BCUT2D eigenvalue weighted by atomic mass is 9.97. The minimum Gasteiger partial charge on any atom is -0.481 e. The summed E-state index contributed by atoms with van der Waals surface area (Å²) in [5, 5.41) is 21.8. The van der Waals surface area contributed by atoms with Crippen LogP contribution in [0.15, 0.2) is 79.1 Å². The van der Waals surface area contributed by atoms with Crippen molar-refractivity contribution in [3.05, 3.63) is 112 Å². The van der Waals surface area contributed by atoms with E-state index in [1.807, 2.05) is 72.8 Å². The van der Waals surface area contributed by atoms with Crippen molar-refractivity contribution >= 4 is 35.1 Å². The third kappa shape index (κ3) is 8.71. The molecule has 0 spiro atoms. The van der Waals surface area contributed by atoms with E-state index in [0.29, 0.717) is 43.9 Å². The van der Waals surface area contributed by atoms with E-state index in [9.17, 15) is 14.7 Å². The fourth-order valence-corrected chi connectivity index (χ4v) is 5.66. The number of rotatable bonds is 13. The van der Waals surface area contributed by atoms with Gasteiger partial charge in [-0.1, -0.05) is 96.0 Å². The third-order valence-electron chi connectivity index (χ3n) is 7.78. The van der Waals surface area contributed by atoms with Crippen LogP contribution in [0, 0.1) is 0 Å². The predicted molar refractivity (Wildman–Crippen MR) is 170 cm³/mol. The van der Waals surface area contributed by atoms with E-state index in [1.165, 1.54) is 0 Å². The number of carboxylic acids is 1. The Kier molecular flexibility index (Phi) is 11.3.